The number of benzene rings is 2. The highest BCUT2D eigenvalue weighted by molar-refractivity contribution is 5.70. The fourth-order valence-electron chi connectivity index (χ4n) is 3.39. The summed E-state index contributed by atoms with van der Waals surface area (Å²) in [7, 11) is 0. The van der Waals surface area contributed by atoms with Crippen LogP contribution in [-0.2, 0) is 9.53 Å². The number of hydrogen-bond donors (Lipinski definition) is 1. The molecule has 0 aromatic heterocycles. The van der Waals surface area contributed by atoms with Gasteiger partial charge in [0.05, 0.1) is 0 Å². The van der Waals surface area contributed by atoms with E-state index >= 15 is 0 Å². The Morgan fingerprint density at radius 3 is 1.57 bits per heavy atom. The first kappa shape index (κ1) is 22.2. The number of unbranched alkanes of at least 4 members (excludes halogenated alkanes) is 8. The van der Waals surface area contributed by atoms with Crippen molar-refractivity contribution in [3.63, 3.8) is 0 Å². The summed E-state index contributed by atoms with van der Waals surface area (Å²) in [6, 6.07) is 19.9. The number of rotatable bonds is 14. The fraction of sp³-hybridized carbons (Fsp3) is 0.480. The second-order valence-electron chi connectivity index (χ2n) is 7.35. The standard InChI is InChI=1S/C25H34O3/c26-21-15-7-5-3-1-2-4-6-14-20-24(27)28-25(22-16-10-8-11-17-22)23-18-12-9-13-19-23/h8-13,16-19,25-26H,1-7,14-15,20-21H2. The van der Waals surface area contributed by atoms with Crippen LogP contribution in [0.1, 0.15) is 81.4 Å². The lowest BCUT2D eigenvalue weighted by atomic mass is 10.0. The molecule has 28 heavy (non-hydrogen) atoms. The third-order valence-corrected chi connectivity index (χ3v) is 4.99. The molecule has 0 aliphatic heterocycles. The molecule has 0 saturated heterocycles. The third-order valence-electron chi connectivity index (χ3n) is 4.99. The molecule has 0 aliphatic rings. The van der Waals surface area contributed by atoms with E-state index < -0.39 is 0 Å². The molecule has 2 aromatic rings. The van der Waals surface area contributed by atoms with Gasteiger partial charge in [0.25, 0.3) is 0 Å². The molecule has 0 unspecified atom stereocenters. The van der Waals surface area contributed by atoms with Gasteiger partial charge in [-0.2, -0.15) is 0 Å². The van der Waals surface area contributed by atoms with E-state index in [1.807, 2.05) is 60.7 Å². The molecule has 0 bridgehead atoms. The van der Waals surface area contributed by atoms with Gasteiger partial charge in [-0.05, 0) is 24.0 Å². The van der Waals surface area contributed by atoms with Crippen LogP contribution in [0.25, 0.3) is 0 Å². The first-order chi connectivity index (χ1) is 13.8. The molecular formula is C25H34O3. The molecule has 0 saturated carbocycles. The van der Waals surface area contributed by atoms with Crippen molar-refractivity contribution < 1.29 is 14.6 Å². The first-order valence-corrected chi connectivity index (χ1v) is 10.7. The van der Waals surface area contributed by atoms with E-state index in [4.69, 9.17) is 9.84 Å². The number of ether oxygens (including phenoxy) is 1. The molecule has 0 atom stereocenters. The van der Waals surface area contributed by atoms with Gasteiger partial charge in [-0.15, -0.1) is 0 Å². The van der Waals surface area contributed by atoms with Crippen LogP contribution in [0, 0.1) is 0 Å². The number of hydrogen-bond acceptors (Lipinski definition) is 3. The van der Waals surface area contributed by atoms with Gasteiger partial charge in [0, 0.05) is 13.0 Å². The lowest BCUT2D eigenvalue weighted by Gasteiger charge is -2.19. The van der Waals surface area contributed by atoms with Crippen molar-refractivity contribution in [2.24, 2.45) is 0 Å². The minimum absolute atomic E-state index is 0.123. The van der Waals surface area contributed by atoms with Gasteiger partial charge < -0.3 is 9.84 Å². The molecule has 3 nitrogen and oxygen atoms in total. The summed E-state index contributed by atoms with van der Waals surface area (Å²) in [4.78, 5) is 12.4. The number of esters is 1. The van der Waals surface area contributed by atoms with Crippen LogP contribution >= 0.6 is 0 Å². The number of aliphatic hydroxyl groups excluding tert-OH is 1. The quantitative estimate of drug-likeness (QED) is 0.312. The maximum atomic E-state index is 12.4. The van der Waals surface area contributed by atoms with Crippen molar-refractivity contribution in [3.05, 3.63) is 71.8 Å². The summed E-state index contributed by atoms with van der Waals surface area (Å²) in [6.45, 7) is 0.311. The Hall–Kier alpha value is -2.13. The Morgan fingerprint density at radius 1 is 0.679 bits per heavy atom. The third kappa shape index (κ3) is 8.71. The molecule has 0 aliphatic carbocycles. The summed E-state index contributed by atoms with van der Waals surface area (Å²) in [5.74, 6) is -0.123. The average molecular weight is 383 g/mol. The van der Waals surface area contributed by atoms with Crippen molar-refractivity contribution in [2.45, 2.75) is 70.3 Å². The predicted octanol–water partition coefficient (Wildman–Crippen LogP) is 6.21. The van der Waals surface area contributed by atoms with Gasteiger partial charge in [0.15, 0.2) is 6.10 Å². The Morgan fingerprint density at radius 2 is 1.11 bits per heavy atom. The van der Waals surface area contributed by atoms with Crippen molar-refractivity contribution >= 4 is 5.97 Å². The van der Waals surface area contributed by atoms with Crippen LogP contribution in [0.2, 0.25) is 0 Å². The van der Waals surface area contributed by atoms with Gasteiger partial charge in [0.1, 0.15) is 0 Å². The Balaban J connectivity index is 1.68. The summed E-state index contributed by atoms with van der Waals surface area (Å²) in [5, 5.41) is 8.76. The normalized spacial score (nSPS) is 10.9. The summed E-state index contributed by atoms with van der Waals surface area (Å²) in [6.07, 6.45) is 10.3. The number of aliphatic hydroxyl groups is 1. The van der Waals surface area contributed by atoms with Crippen molar-refractivity contribution in [2.75, 3.05) is 6.61 Å². The van der Waals surface area contributed by atoms with Crippen LogP contribution < -0.4 is 0 Å². The zero-order valence-corrected chi connectivity index (χ0v) is 16.9. The molecule has 2 rings (SSSR count). The second kappa shape index (κ2) is 14.0. The van der Waals surface area contributed by atoms with Crippen LogP contribution in [-0.4, -0.2) is 17.7 Å². The smallest absolute Gasteiger partial charge is 0.306 e. The minimum Gasteiger partial charge on any atom is -0.453 e. The van der Waals surface area contributed by atoms with Crippen LogP contribution in [0.15, 0.2) is 60.7 Å². The Bertz CT molecular complexity index is 600. The van der Waals surface area contributed by atoms with E-state index in [-0.39, 0.29) is 12.1 Å². The van der Waals surface area contributed by atoms with Gasteiger partial charge in [-0.25, -0.2) is 0 Å². The number of carbonyl (C=O) groups excluding carboxylic acids is 1. The van der Waals surface area contributed by atoms with Crippen LogP contribution in [0.3, 0.4) is 0 Å². The summed E-state index contributed by atoms with van der Waals surface area (Å²) >= 11 is 0. The molecule has 1 N–H and O–H groups in total. The van der Waals surface area contributed by atoms with E-state index in [1.165, 1.54) is 32.1 Å². The maximum Gasteiger partial charge on any atom is 0.306 e. The highest BCUT2D eigenvalue weighted by Crippen LogP contribution is 2.26. The zero-order valence-electron chi connectivity index (χ0n) is 16.9. The lowest BCUT2D eigenvalue weighted by molar-refractivity contribution is -0.147. The summed E-state index contributed by atoms with van der Waals surface area (Å²) < 4.78 is 5.85. The number of carbonyl (C=O) groups is 1. The van der Waals surface area contributed by atoms with E-state index in [2.05, 4.69) is 0 Å². The Labute approximate surface area is 169 Å². The van der Waals surface area contributed by atoms with Gasteiger partial charge in [0.2, 0.25) is 0 Å². The van der Waals surface area contributed by atoms with E-state index in [1.54, 1.807) is 0 Å². The largest absolute Gasteiger partial charge is 0.453 e. The van der Waals surface area contributed by atoms with E-state index in [0.717, 1.165) is 36.8 Å². The van der Waals surface area contributed by atoms with Crippen molar-refractivity contribution in [1.82, 2.24) is 0 Å². The topological polar surface area (TPSA) is 46.5 Å². The molecule has 0 radical (unpaired) electrons. The monoisotopic (exact) mass is 382 g/mol. The van der Waals surface area contributed by atoms with Crippen molar-refractivity contribution in [1.29, 1.82) is 0 Å². The molecule has 2 aromatic carbocycles. The maximum absolute atomic E-state index is 12.4. The molecular weight excluding hydrogens is 348 g/mol. The first-order valence-electron chi connectivity index (χ1n) is 10.7. The molecule has 152 valence electrons. The Kier molecular flexibility index (Phi) is 11.0. The van der Waals surface area contributed by atoms with E-state index in [9.17, 15) is 4.79 Å². The molecule has 0 fully saturated rings. The average Bonchev–Trinajstić information content (AvgIpc) is 2.74. The van der Waals surface area contributed by atoms with Crippen molar-refractivity contribution in [3.8, 4) is 0 Å². The van der Waals surface area contributed by atoms with Crippen LogP contribution in [0.4, 0.5) is 0 Å². The van der Waals surface area contributed by atoms with Gasteiger partial charge in [-0.3, -0.25) is 4.79 Å². The SMILES string of the molecule is O=C(CCCCCCCCCCCO)OC(c1ccccc1)c1ccccc1. The zero-order chi connectivity index (χ0) is 19.9. The molecule has 3 heteroatoms. The molecule has 0 spiro atoms. The minimum atomic E-state index is -0.339. The van der Waals surface area contributed by atoms with E-state index in [0.29, 0.717) is 13.0 Å². The predicted molar refractivity (Wildman–Crippen MR) is 114 cm³/mol. The highest BCUT2D eigenvalue weighted by Gasteiger charge is 2.18. The summed E-state index contributed by atoms with van der Waals surface area (Å²) in [5.41, 5.74) is 2.01. The van der Waals surface area contributed by atoms with Gasteiger partial charge >= 0.3 is 5.97 Å². The fourth-order valence-corrected chi connectivity index (χ4v) is 3.39. The lowest BCUT2D eigenvalue weighted by Crippen LogP contribution is -2.12. The highest BCUT2D eigenvalue weighted by atomic mass is 16.5. The van der Waals surface area contributed by atoms with Crippen LogP contribution in [0.5, 0.6) is 0 Å². The second-order valence-corrected chi connectivity index (χ2v) is 7.35. The molecule has 0 heterocycles. The van der Waals surface area contributed by atoms with Gasteiger partial charge in [-0.1, -0.05) is 106 Å². The molecule has 0 amide bonds.